The fourth-order valence-electron chi connectivity index (χ4n) is 1.86. The highest BCUT2D eigenvalue weighted by molar-refractivity contribution is 6.04. The topological polar surface area (TPSA) is 116 Å². The molecule has 8 heteroatoms. The van der Waals surface area contributed by atoms with Gasteiger partial charge in [0.05, 0.1) is 0 Å². The fraction of sp³-hybridized carbons (Fsp3) is 0.667. The minimum atomic E-state index is -1.15. The minimum Gasteiger partial charge on any atom is -0.480 e. The lowest BCUT2D eigenvalue weighted by molar-refractivity contribution is -0.140. The molecule has 1 aliphatic rings. The first-order chi connectivity index (χ1) is 9.27. The van der Waals surface area contributed by atoms with E-state index in [0.29, 0.717) is 6.42 Å². The zero-order valence-electron chi connectivity index (χ0n) is 11.7. The number of hydrogen-bond donors (Lipinski definition) is 3. The predicted octanol–water partition coefficient (Wildman–Crippen LogP) is -0.458. The van der Waals surface area contributed by atoms with E-state index in [1.54, 1.807) is 6.92 Å². The van der Waals surface area contributed by atoms with Gasteiger partial charge in [-0.1, -0.05) is 20.3 Å². The molecular formula is C12H19N3O5. The number of imide groups is 1. The third-order valence-electron chi connectivity index (χ3n) is 3.44. The first-order valence-corrected chi connectivity index (χ1v) is 6.41. The van der Waals surface area contributed by atoms with Crippen LogP contribution < -0.4 is 10.6 Å². The molecule has 1 heterocycles. The van der Waals surface area contributed by atoms with Crippen LogP contribution in [-0.2, 0) is 14.4 Å². The normalized spacial score (nSPS) is 21.9. The zero-order chi connectivity index (χ0) is 15.4. The number of nitrogens with one attached hydrogen (secondary N) is 2. The standard InChI is InChI=1S/C12H19N3O5/c1-4-6(2)9(11(18)19)14-12(20)15-5-8(16)13-10(17)7(15)3/h6-7,9H,4-5H2,1-3H3,(H,14,20)(H,18,19)(H,13,16,17)/t6-,7?,9-/m0/s1. The Balaban J connectivity index is 2.80. The minimum absolute atomic E-state index is 0.263. The summed E-state index contributed by atoms with van der Waals surface area (Å²) in [6, 6.07) is -2.60. The lowest BCUT2D eigenvalue weighted by atomic mass is 9.99. The molecule has 1 fully saturated rings. The first kappa shape index (κ1) is 15.9. The lowest BCUT2D eigenvalue weighted by Gasteiger charge is -2.33. The molecule has 0 aromatic heterocycles. The van der Waals surface area contributed by atoms with Crippen LogP contribution in [0.2, 0.25) is 0 Å². The molecule has 1 saturated heterocycles. The number of carbonyl (C=O) groups is 4. The summed E-state index contributed by atoms with van der Waals surface area (Å²) in [6.07, 6.45) is 0.576. The van der Waals surface area contributed by atoms with Gasteiger partial charge in [-0.2, -0.15) is 0 Å². The molecule has 8 nitrogen and oxygen atoms in total. The van der Waals surface area contributed by atoms with Gasteiger partial charge in [0.25, 0.3) is 0 Å². The van der Waals surface area contributed by atoms with E-state index in [1.165, 1.54) is 6.92 Å². The second-order valence-electron chi connectivity index (χ2n) is 4.87. The van der Waals surface area contributed by atoms with Crippen LogP contribution in [-0.4, -0.2) is 52.4 Å². The van der Waals surface area contributed by atoms with E-state index in [1.807, 2.05) is 6.92 Å². The van der Waals surface area contributed by atoms with Crippen LogP contribution in [0.3, 0.4) is 0 Å². The quantitative estimate of drug-likeness (QED) is 0.605. The Bertz CT molecular complexity index is 437. The third kappa shape index (κ3) is 3.46. The monoisotopic (exact) mass is 285 g/mol. The van der Waals surface area contributed by atoms with E-state index < -0.39 is 35.9 Å². The van der Waals surface area contributed by atoms with Gasteiger partial charge in [-0.05, 0) is 12.8 Å². The van der Waals surface area contributed by atoms with Gasteiger partial charge in [-0.3, -0.25) is 14.9 Å². The molecule has 3 atom stereocenters. The summed E-state index contributed by atoms with van der Waals surface area (Å²) in [5.41, 5.74) is 0. The van der Waals surface area contributed by atoms with Crippen molar-refractivity contribution in [1.29, 1.82) is 0 Å². The largest absolute Gasteiger partial charge is 0.480 e. The molecule has 1 aliphatic heterocycles. The maximum absolute atomic E-state index is 12.1. The highest BCUT2D eigenvalue weighted by Gasteiger charge is 2.36. The maximum Gasteiger partial charge on any atom is 0.326 e. The van der Waals surface area contributed by atoms with Crippen LogP contribution in [0.1, 0.15) is 27.2 Å². The zero-order valence-corrected chi connectivity index (χ0v) is 11.7. The van der Waals surface area contributed by atoms with E-state index in [4.69, 9.17) is 5.11 Å². The van der Waals surface area contributed by atoms with E-state index in [0.717, 1.165) is 4.90 Å². The van der Waals surface area contributed by atoms with Crippen LogP contribution >= 0.6 is 0 Å². The summed E-state index contributed by atoms with van der Waals surface area (Å²) in [6.45, 7) is 4.72. The summed E-state index contributed by atoms with van der Waals surface area (Å²) >= 11 is 0. The summed E-state index contributed by atoms with van der Waals surface area (Å²) < 4.78 is 0. The molecule has 0 saturated carbocycles. The number of piperazine rings is 1. The molecule has 0 radical (unpaired) electrons. The summed E-state index contributed by atoms with van der Waals surface area (Å²) in [7, 11) is 0. The van der Waals surface area contributed by atoms with Gasteiger partial charge in [0, 0.05) is 0 Å². The molecular weight excluding hydrogens is 266 g/mol. The van der Waals surface area contributed by atoms with Crippen molar-refractivity contribution in [1.82, 2.24) is 15.5 Å². The Morgan fingerprint density at radius 2 is 2.10 bits per heavy atom. The molecule has 1 unspecified atom stereocenters. The molecule has 0 aromatic rings. The number of carboxylic acid groups (broad SMARTS) is 1. The highest BCUT2D eigenvalue weighted by Crippen LogP contribution is 2.10. The van der Waals surface area contributed by atoms with Crippen LogP contribution in [0.4, 0.5) is 4.79 Å². The summed E-state index contributed by atoms with van der Waals surface area (Å²) in [4.78, 5) is 47.0. The number of amides is 4. The number of urea groups is 1. The number of hydrogen-bond acceptors (Lipinski definition) is 4. The van der Waals surface area contributed by atoms with Crippen molar-refractivity contribution < 1.29 is 24.3 Å². The third-order valence-corrected chi connectivity index (χ3v) is 3.44. The van der Waals surface area contributed by atoms with Gasteiger partial charge >= 0.3 is 12.0 Å². The molecule has 0 spiro atoms. The molecule has 4 amide bonds. The van der Waals surface area contributed by atoms with Crippen molar-refractivity contribution in [2.24, 2.45) is 5.92 Å². The SMILES string of the molecule is CC[C@H](C)[C@H](NC(=O)N1CC(=O)NC(=O)C1C)C(=O)O. The van der Waals surface area contributed by atoms with Crippen molar-refractivity contribution in [2.75, 3.05) is 6.54 Å². The Morgan fingerprint density at radius 1 is 1.50 bits per heavy atom. The first-order valence-electron chi connectivity index (χ1n) is 6.41. The van der Waals surface area contributed by atoms with Gasteiger partial charge < -0.3 is 15.3 Å². The Kier molecular flexibility index (Phi) is 5.06. The molecule has 3 N–H and O–H groups in total. The Hall–Kier alpha value is -2.12. The number of carbonyl (C=O) groups excluding carboxylic acids is 3. The summed E-state index contributed by atoms with van der Waals surface area (Å²) in [5.74, 6) is -2.57. The molecule has 0 bridgehead atoms. The van der Waals surface area contributed by atoms with Gasteiger partial charge in [0.2, 0.25) is 11.8 Å². The van der Waals surface area contributed by atoms with Crippen molar-refractivity contribution in [3.8, 4) is 0 Å². The number of aliphatic carboxylic acids is 1. The smallest absolute Gasteiger partial charge is 0.326 e. The second-order valence-corrected chi connectivity index (χ2v) is 4.87. The lowest BCUT2D eigenvalue weighted by Crippen LogP contribution is -2.62. The van der Waals surface area contributed by atoms with Crippen molar-refractivity contribution >= 4 is 23.8 Å². The highest BCUT2D eigenvalue weighted by atomic mass is 16.4. The Labute approximate surface area is 116 Å². The molecule has 1 rings (SSSR count). The van der Waals surface area contributed by atoms with Crippen LogP contribution in [0.25, 0.3) is 0 Å². The molecule has 112 valence electrons. The van der Waals surface area contributed by atoms with E-state index in [2.05, 4.69) is 10.6 Å². The second kappa shape index (κ2) is 6.36. The van der Waals surface area contributed by atoms with Crippen LogP contribution in [0.5, 0.6) is 0 Å². The summed E-state index contributed by atoms with van der Waals surface area (Å²) in [5, 5.41) is 13.6. The van der Waals surface area contributed by atoms with E-state index >= 15 is 0 Å². The van der Waals surface area contributed by atoms with E-state index in [9.17, 15) is 19.2 Å². The van der Waals surface area contributed by atoms with Crippen molar-refractivity contribution in [3.05, 3.63) is 0 Å². The number of nitrogens with zero attached hydrogens (tertiary/aromatic N) is 1. The predicted molar refractivity (Wildman–Crippen MR) is 68.7 cm³/mol. The molecule has 0 aromatic carbocycles. The van der Waals surface area contributed by atoms with Crippen LogP contribution in [0, 0.1) is 5.92 Å². The van der Waals surface area contributed by atoms with Crippen LogP contribution in [0.15, 0.2) is 0 Å². The number of carboxylic acids is 1. The average molecular weight is 285 g/mol. The number of rotatable bonds is 4. The van der Waals surface area contributed by atoms with Crippen molar-refractivity contribution in [2.45, 2.75) is 39.3 Å². The van der Waals surface area contributed by atoms with Crippen molar-refractivity contribution in [3.63, 3.8) is 0 Å². The van der Waals surface area contributed by atoms with Gasteiger partial charge in [0.1, 0.15) is 18.6 Å². The molecule has 20 heavy (non-hydrogen) atoms. The average Bonchev–Trinajstić information content (AvgIpc) is 2.38. The van der Waals surface area contributed by atoms with Gasteiger partial charge in [-0.15, -0.1) is 0 Å². The van der Waals surface area contributed by atoms with Gasteiger partial charge in [-0.25, -0.2) is 9.59 Å². The fourth-order valence-corrected chi connectivity index (χ4v) is 1.86. The maximum atomic E-state index is 12.1. The van der Waals surface area contributed by atoms with E-state index in [-0.39, 0.29) is 12.5 Å². The Morgan fingerprint density at radius 3 is 2.60 bits per heavy atom. The van der Waals surface area contributed by atoms with Gasteiger partial charge in [0.15, 0.2) is 0 Å². The molecule has 0 aliphatic carbocycles.